The van der Waals surface area contributed by atoms with Crippen LogP contribution in [0.4, 0.5) is 11.4 Å². The van der Waals surface area contributed by atoms with Crippen LogP contribution < -0.4 is 21.5 Å². The van der Waals surface area contributed by atoms with Gasteiger partial charge in [0.15, 0.2) is 0 Å². The first-order chi connectivity index (χ1) is 6.63. The maximum atomic E-state index is 10.5. The lowest BCUT2D eigenvalue weighted by atomic mass is 10.2. The van der Waals surface area contributed by atoms with Crippen molar-refractivity contribution in [2.24, 2.45) is 5.73 Å². The normalized spacial score (nSPS) is 9.50. The highest BCUT2D eigenvalue weighted by molar-refractivity contribution is 5.80. The number of hydrogen-bond donors (Lipinski definition) is 3. The van der Waals surface area contributed by atoms with Gasteiger partial charge in [-0.2, -0.15) is 0 Å². The highest BCUT2D eigenvalue weighted by Crippen LogP contribution is 2.25. The average Bonchev–Trinajstić information content (AvgIpc) is 2.15. The molecule has 0 aliphatic carbocycles. The first kappa shape index (κ1) is 10.2. The van der Waals surface area contributed by atoms with Crippen LogP contribution in [-0.2, 0) is 4.79 Å². The summed E-state index contributed by atoms with van der Waals surface area (Å²) in [5, 5.41) is 2.82. The molecular weight excluding hydrogens is 182 g/mol. The Kier molecular flexibility index (Phi) is 3.17. The van der Waals surface area contributed by atoms with E-state index in [0.29, 0.717) is 17.1 Å². The molecule has 0 unspecified atom stereocenters. The van der Waals surface area contributed by atoms with Crippen molar-refractivity contribution in [1.29, 1.82) is 0 Å². The van der Waals surface area contributed by atoms with Gasteiger partial charge < -0.3 is 21.5 Å². The molecule has 0 bridgehead atoms. The predicted molar refractivity (Wildman–Crippen MR) is 55.1 cm³/mol. The summed E-state index contributed by atoms with van der Waals surface area (Å²) in [6.07, 6.45) is 0. The van der Waals surface area contributed by atoms with Gasteiger partial charge in [-0.15, -0.1) is 0 Å². The van der Waals surface area contributed by atoms with Crippen LogP contribution in [0.25, 0.3) is 0 Å². The number of rotatable bonds is 4. The standard InChI is InChI=1S/C9H13N3O2/c1-14-8-3-2-6(10)4-7(8)12-5-9(11)13/h2-4,12H,5,10H2,1H3,(H2,11,13). The van der Waals surface area contributed by atoms with E-state index in [9.17, 15) is 4.79 Å². The fraction of sp³-hybridized carbons (Fsp3) is 0.222. The zero-order chi connectivity index (χ0) is 10.6. The van der Waals surface area contributed by atoms with E-state index in [1.54, 1.807) is 25.3 Å². The van der Waals surface area contributed by atoms with Crippen LogP contribution >= 0.6 is 0 Å². The number of ether oxygens (including phenoxy) is 1. The quantitative estimate of drug-likeness (QED) is 0.597. The maximum Gasteiger partial charge on any atom is 0.236 e. The Labute approximate surface area is 82.0 Å². The van der Waals surface area contributed by atoms with E-state index < -0.39 is 5.91 Å². The molecule has 0 aliphatic heterocycles. The van der Waals surface area contributed by atoms with Gasteiger partial charge in [-0.1, -0.05) is 0 Å². The van der Waals surface area contributed by atoms with E-state index in [0.717, 1.165) is 0 Å². The Balaban J connectivity index is 2.82. The number of carbonyl (C=O) groups excluding carboxylic acids is 1. The van der Waals surface area contributed by atoms with E-state index in [1.807, 2.05) is 0 Å². The summed E-state index contributed by atoms with van der Waals surface area (Å²) in [7, 11) is 1.54. The summed E-state index contributed by atoms with van der Waals surface area (Å²) in [4.78, 5) is 10.5. The summed E-state index contributed by atoms with van der Waals surface area (Å²) in [6, 6.07) is 5.12. The van der Waals surface area contributed by atoms with Gasteiger partial charge in [0.25, 0.3) is 0 Å². The molecule has 14 heavy (non-hydrogen) atoms. The third kappa shape index (κ3) is 2.55. The zero-order valence-corrected chi connectivity index (χ0v) is 7.91. The minimum atomic E-state index is -0.436. The summed E-state index contributed by atoms with van der Waals surface area (Å²) in [6.45, 7) is 0.0554. The second kappa shape index (κ2) is 4.36. The van der Waals surface area contributed by atoms with E-state index in [2.05, 4.69) is 5.32 Å². The lowest BCUT2D eigenvalue weighted by Crippen LogP contribution is -2.22. The molecule has 0 aliphatic rings. The molecule has 0 saturated carbocycles. The number of anilines is 2. The van der Waals surface area contributed by atoms with Crippen LogP contribution in [0.2, 0.25) is 0 Å². The number of nitrogens with one attached hydrogen (secondary N) is 1. The van der Waals surface area contributed by atoms with Crippen molar-refractivity contribution in [2.45, 2.75) is 0 Å². The Morgan fingerprint density at radius 1 is 1.57 bits per heavy atom. The van der Waals surface area contributed by atoms with Gasteiger partial charge in [0.2, 0.25) is 5.91 Å². The first-order valence-electron chi connectivity index (χ1n) is 4.09. The van der Waals surface area contributed by atoms with Gasteiger partial charge in [0, 0.05) is 5.69 Å². The van der Waals surface area contributed by atoms with Gasteiger partial charge >= 0.3 is 0 Å². The van der Waals surface area contributed by atoms with E-state index in [1.165, 1.54) is 0 Å². The largest absolute Gasteiger partial charge is 0.495 e. The molecule has 0 fully saturated rings. The molecule has 0 radical (unpaired) electrons. The Bertz CT molecular complexity index is 339. The van der Waals surface area contributed by atoms with Gasteiger partial charge in [0.05, 0.1) is 19.3 Å². The van der Waals surface area contributed by atoms with Crippen LogP contribution in [0, 0.1) is 0 Å². The van der Waals surface area contributed by atoms with Crippen LogP contribution in [0.15, 0.2) is 18.2 Å². The fourth-order valence-electron chi connectivity index (χ4n) is 1.05. The van der Waals surface area contributed by atoms with Crippen molar-refractivity contribution >= 4 is 17.3 Å². The van der Waals surface area contributed by atoms with Crippen LogP contribution in [0.1, 0.15) is 0 Å². The van der Waals surface area contributed by atoms with Crippen LogP contribution in [-0.4, -0.2) is 19.6 Å². The van der Waals surface area contributed by atoms with Gasteiger partial charge in [-0.3, -0.25) is 4.79 Å². The van der Waals surface area contributed by atoms with Crippen molar-refractivity contribution < 1.29 is 9.53 Å². The Hall–Kier alpha value is -1.91. The monoisotopic (exact) mass is 195 g/mol. The molecule has 76 valence electrons. The molecule has 0 atom stereocenters. The van der Waals surface area contributed by atoms with E-state index >= 15 is 0 Å². The second-order valence-corrected chi connectivity index (χ2v) is 2.78. The molecule has 5 heteroatoms. The number of amides is 1. The number of hydrogen-bond acceptors (Lipinski definition) is 4. The molecule has 0 saturated heterocycles. The number of methoxy groups -OCH3 is 1. The van der Waals surface area contributed by atoms with Crippen molar-refractivity contribution in [1.82, 2.24) is 0 Å². The van der Waals surface area contributed by atoms with Gasteiger partial charge in [-0.05, 0) is 18.2 Å². The van der Waals surface area contributed by atoms with E-state index in [4.69, 9.17) is 16.2 Å². The Morgan fingerprint density at radius 3 is 2.86 bits per heavy atom. The molecule has 0 heterocycles. The number of carbonyl (C=O) groups is 1. The third-order valence-electron chi connectivity index (χ3n) is 1.68. The molecule has 1 rings (SSSR count). The number of benzene rings is 1. The first-order valence-corrected chi connectivity index (χ1v) is 4.09. The number of nitrogens with two attached hydrogens (primary N) is 2. The van der Waals surface area contributed by atoms with Gasteiger partial charge in [-0.25, -0.2) is 0 Å². The summed E-state index contributed by atoms with van der Waals surface area (Å²) in [5.74, 6) is 0.190. The second-order valence-electron chi connectivity index (χ2n) is 2.78. The molecule has 1 aromatic carbocycles. The van der Waals surface area contributed by atoms with Crippen LogP contribution in [0.3, 0.4) is 0 Å². The average molecular weight is 195 g/mol. The predicted octanol–water partition coefficient (Wildman–Crippen LogP) is 0.175. The highest BCUT2D eigenvalue weighted by Gasteiger charge is 2.03. The summed E-state index contributed by atoms with van der Waals surface area (Å²) >= 11 is 0. The number of nitrogen functional groups attached to an aromatic ring is 1. The molecule has 0 spiro atoms. The zero-order valence-electron chi connectivity index (χ0n) is 7.91. The Morgan fingerprint density at radius 2 is 2.29 bits per heavy atom. The summed E-state index contributed by atoms with van der Waals surface area (Å²) in [5.41, 5.74) is 11.8. The molecule has 0 aromatic heterocycles. The fourth-order valence-corrected chi connectivity index (χ4v) is 1.05. The van der Waals surface area contributed by atoms with Crippen molar-refractivity contribution in [3.8, 4) is 5.75 Å². The highest BCUT2D eigenvalue weighted by atomic mass is 16.5. The topological polar surface area (TPSA) is 90.4 Å². The van der Waals surface area contributed by atoms with E-state index in [-0.39, 0.29) is 6.54 Å². The van der Waals surface area contributed by atoms with Gasteiger partial charge in [0.1, 0.15) is 5.75 Å². The maximum absolute atomic E-state index is 10.5. The van der Waals surface area contributed by atoms with Crippen LogP contribution in [0.5, 0.6) is 5.75 Å². The lowest BCUT2D eigenvalue weighted by molar-refractivity contribution is -0.116. The minimum Gasteiger partial charge on any atom is -0.495 e. The number of primary amides is 1. The molecule has 1 amide bonds. The molecule has 5 nitrogen and oxygen atoms in total. The molecule has 5 N–H and O–H groups in total. The minimum absolute atomic E-state index is 0.0554. The smallest absolute Gasteiger partial charge is 0.236 e. The molecule has 1 aromatic rings. The van der Waals surface area contributed by atoms with Crippen molar-refractivity contribution in [2.75, 3.05) is 24.7 Å². The summed E-state index contributed by atoms with van der Waals surface area (Å²) < 4.78 is 5.06. The van der Waals surface area contributed by atoms with Crippen molar-refractivity contribution in [3.63, 3.8) is 0 Å². The third-order valence-corrected chi connectivity index (χ3v) is 1.68. The SMILES string of the molecule is COc1ccc(N)cc1NCC(N)=O. The molecular formula is C9H13N3O2. The lowest BCUT2D eigenvalue weighted by Gasteiger charge is -2.10. The van der Waals surface area contributed by atoms with Crippen molar-refractivity contribution in [3.05, 3.63) is 18.2 Å².